The van der Waals surface area contributed by atoms with E-state index >= 15 is 4.39 Å². The second-order valence-electron chi connectivity index (χ2n) is 16.5. The highest BCUT2D eigenvalue weighted by Crippen LogP contribution is 2.50. The lowest BCUT2D eigenvalue weighted by atomic mass is 10.1. The lowest BCUT2D eigenvalue weighted by Crippen LogP contribution is -2.46. The fourth-order valence-electron chi connectivity index (χ4n) is 5.68. The predicted molar refractivity (Wildman–Crippen MR) is 232 cm³/mol. The zero-order valence-corrected chi connectivity index (χ0v) is 38.6. The lowest BCUT2D eigenvalue weighted by Gasteiger charge is -2.30. The summed E-state index contributed by atoms with van der Waals surface area (Å²) < 4.78 is 58.4. The Hall–Kier alpha value is -3.91. The number of nitrogens with zero attached hydrogens (tertiary/aromatic N) is 6. The first-order valence-electron chi connectivity index (χ1n) is 19.3. The highest BCUT2D eigenvalue weighted by molar-refractivity contribution is 7.48. The summed E-state index contributed by atoms with van der Waals surface area (Å²) in [6.07, 6.45) is 2.47. The molecule has 19 heteroatoms. The molecular formula is C39H54FN6O8PSSi2. The topological polar surface area (TPSA) is 168 Å². The number of carboxylic acid groups (broad SMARTS) is 1. The van der Waals surface area contributed by atoms with E-state index < -0.39 is 48.0 Å². The summed E-state index contributed by atoms with van der Waals surface area (Å²) in [5.41, 5.74) is 3.67. The Morgan fingerprint density at radius 1 is 0.897 bits per heavy atom. The molecule has 1 amide bonds. The molecule has 0 saturated heterocycles. The Morgan fingerprint density at radius 3 is 2.14 bits per heavy atom. The van der Waals surface area contributed by atoms with Crippen molar-refractivity contribution < 1.29 is 41.9 Å². The number of amides is 1. The zero-order valence-electron chi connectivity index (χ0n) is 34.9. The summed E-state index contributed by atoms with van der Waals surface area (Å²) in [7, 11) is -6.70. The number of phosphoric acid groups is 1. The van der Waals surface area contributed by atoms with Gasteiger partial charge in [0.1, 0.15) is 16.9 Å². The van der Waals surface area contributed by atoms with Gasteiger partial charge in [-0.1, -0.05) is 39.3 Å². The van der Waals surface area contributed by atoms with Crippen LogP contribution in [-0.2, 0) is 24.6 Å². The van der Waals surface area contributed by atoms with Crippen molar-refractivity contribution in [2.75, 3.05) is 31.3 Å². The maximum atomic E-state index is 15.5. The third-order valence-electron chi connectivity index (χ3n) is 9.09. The van der Waals surface area contributed by atoms with Crippen LogP contribution in [0.3, 0.4) is 0 Å². The van der Waals surface area contributed by atoms with Crippen LogP contribution < -0.4 is 14.4 Å². The molecule has 0 saturated carbocycles. The molecular weight excluding hydrogens is 819 g/mol. The van der Waals surface area contributed by atoms with Crippen molar-refractivity contribution in [2.45, 2.75) is 97.6 Å². The molecule has 0 radical (unpaired) electrons. The van der Waals surface area contributed by atoms with Crippen LogP contribution in [0.4, 0.5) is 14.9 Å². The van der Waals surface area contributed by atoms with Crippen LogP contribution >= 0.6 is 19.2 Å². The van der Waals surface area contributed by atoms with Crippen molar-refractivity contribution in [1.82, 2.24) is 24.9 Å². The molecule has 314 valence electrons. The van der Waals surface area contributed by atoms with E-state index in [2.05, 4.69) is 59.2 Å². The molecule has 5 rings (SSSR count). The molecule has 3 heterocycles. The number of rotatable bonds is 20. The van der Waals surface area contributed by atoms with E-state index in [0.717, 1.165) is 28.1 Å². The first-order valence-corrected chi connectivity index (χ1v) is 29.0. The second kappa shape index (κ2) is 19.0. The van der Waals surface area contributed by atoms with E-state index in [9.17, 15) is 14.5 Å². The van der Waals surface area contributed by atoms with Gasteiger partial charge in [-0.15, -0.1) is 11.3 Å². The van der Waals surface area contributed by atoms with E-state index in [0.29, 0.717) is 44.6 Å². The third-order valence-corrected chi connectivity index (χ3v) is 15.0. The average Bonchev–Trinajstić information content (AvgIpc) is 3.53. The maximum absolute atomic E-state index is 15.5. The number of hydrogen-bond acceptors (Lipinski definition) is 13. The molecule has 3 aromatic heterocycles. The van der Waals surface area contributed by atoms with Crippen LogP contribution in [0.5, 0.6) is 11.6 Å². The van der Waals surface area contributed by atoms with Gasteiger partial charge in [0.15, 0.2) is 11.6 Å². The molecule has 0 aliphatic carbocycles. The van der Waals surface area contributed by atoms with Gasteiger partial charge in [0.05, 0.1) is 78.0 Å². The molecule has 2 unspecified atom stereocenters. The number of carbonyl (C=O) groups is 1. The minimum absolute atomic E-state index is 0.0252. The fraction of sp³-hybridized carbons (Fsp3) is 0.487. The van der Waals surface area contributed by atoms with Gasteiger partial charge in [-0.05, 0) is 57.5 Å². The quantitative estimate of drug-likeness (QED) is 0.0580. The zero-order chi connectivity index (χ0) is 42.4. The Kier molecular flexibility index (Phi) is 14.8. The number of aryl methyl sites for hydroxylation is 1. The van der Waals surface area contributed by atoms with Crippen molar-refractivity contribution in [3.05, 3.63) is 60.1 Å². The third kappa shape index (κ3) is 12.3. The number of phosphoric ester groups is 1. The maximum Gasteiger partial charge on any atom is 0.474 e. The standard InChI is InChI=1S/C39H54FN6O8PSSi2/c1-11-50-36-24-43-37-29(18-25(2)19-32(37)44-36)38-45-31-20-30(40)33(21-34(31)56-38)54-27(4)26(3)46(39(47)48)28-22-41-35(42-23-28)12-13-51-55(49,52-14-16-57(5,6)7)53-15-17-58(8,9)10/h18-24,26-27H,11-17H2,1-10H3,(H,47,48). The van der Waals surface area contributed by atoms with Crippen molar-refractivity contribution in [3.63, 3.8) is 0 Å². The minimum Gasteiger partial charge on any atom is -0.485 e. The molecule has 0 bridgehead atoms. The van der Waals surface area contributed by atoms with Gasteiger partial charge >= 0.3 is 13.9 Å². The number of ether oxygens (including phenoxy) is 2. The Balaban J connectivity index is 1.25. The van der Waals surface area contributed by atoms with Crippen molar-refractivity contribution in [3.8, 4) is 22.2 Å². The monoisotopic (exact) mass is 872 g/mol. The van der Waals surface area contributed by atoms with Gasteiger partial charge < -0.3 is 14.6 Å². The molecule has 58 heavy (non-hydrogen) atoms. The summed E-state index contributed by atoms with van der Waals surface area (Å²) in [5, 5.41) is 10.9. The summed E-state index contributed by atoms with van der Waals surface area (Å²) in [6, 6.07) is 7.60. The minimum atomic E-state index is -3.81. The molecule has 2 aromatic carbocycles. The van der Waals surface area contributed by atoms with Gasteiger partial charge in [-0.3, -0.25) is 18.5 Å². The van der Waals surface area contributed by atoms with E-state index in [1.807, 2.05) is 26.0 Å². The molecule has 2 atom stereocenters. The number of benzene rings is 2. The SMILES string of the molecule is CCOc1cnc2c(-c3nc4cc(F)c(OC(C)C(C)N(C(=O)O)c5cnc(CCOP(=O)(OCC[Si](C)(C)C)OCC[Si](C)(C)C)nc5)cc4s3)cc(C)cc2n1. The van der Waals surface area contributed by atoms with Crippen molar-refractivity contribution >= 4 is 68.3 Å². The normalized spacial score (nSPS) is 13.5. The van der Waals surface area contributed by atoms with Crippen molar-refractivity contribution in [1.29, 1.82) is 0 Å². The van der Waals surface area contributed by atoms with Crippen LogP contribution in [0.1, 0.15) is 32.2 Å². The molecule has 0 spiro atoms. The molecule has 0 fully saturated rings. The number of halogens is 1. The summed E-state index contributed by atoms with van der Waals surface area (Å²) in [4.78, 5) is 36.2. The van der Waals surface area contributed by atoms with Crippen molar-refractivity contribution in [2.24, 2.45) is 0 Å². The van der Waals surface area contributed by atoms with Gasteiger partial charge in [-0.2, -0.15) is 0 Å². The van der Waals surface area contributed by atoms with Gasteiger partial charge in [0.2, 0.25) is 5.88 Å². The summed E-state index contributed by atoms with van der Waals surface area (Å²) >= 11 is 1.36. The summed E-state index contributed by atoms with van der Waals surface area (Å²) in [5.74, 6) is 0.0992. The average molecular weight is 873 g/mol. The Morgan fingerprint density at radius 2 is 1.53 bits per heavy atom. The molecule has 0 aliphatic heterocycles. The number of thiazole rings is 1. The molecule has 0 aliphatic rings. The molecule has 5 aromatic rings. The second-order valence-corrected chi connectivity index (χ2v) is 30.4. The van der Waals surface area contributed by atoms with Gasteiger partial charge in [0.25, 0.3) is 0 Å². The number of anilines is 1. The highest BCUT2D eigenvalue weighted by atomic mass is 32.1. The lowest BCUT2D eigenvalue weighted by molar-refractivity contribution is 0.121. The van der Waals surface area contributed by atoms with Crippen LogP contribution in [-0.4, -0.2) is 90.8 Å². The smallest absolute Gasteiger partial charge is 0.474 e. The van der Waals surface area contributed by atoms with Crippen LogP contribution in [0, 0.1) is 12.7 Å². The fourth-order valence-corrected chi connectivity index (χ4v) is 9.62. The van der Waals surface area contributed by atoms with Crippen LogP contribution in [0.2, 0.25) is 51.4 Å². The first kappa shape index (κ1) is 45.2. The van der Waals surface area contributed by atoms with E-state index in [1.165, 1.54) is 29.8 Å². The molecule has 14 nitrogen and oxygen atoms in total. The van der Waals surface area contributed by atoms with Crippen LogP contribution in [0.25, 0.3) is 31.8 Å². The van der Waals surface area contributed by atoms with Gasteiger partial charge in [0, 0.05) is 40.3 Å². The van der Waals surface area contributed by atoms with E-state index in [4.69, 9.17) is 28.0 Å². The first-order chi connectivity index (χ1) is 27.2. The summed E-state index contributed by atoms with van der Waals surface area (Å²) in [6.45, 7) is 21.4. The largest absolute Gasteiger partial charge is 0.485 e. The predicted octanol–water partition coefficient (Wildman–Crippen LogP) is 10.3. The van der Waals surface area contributed by atoms with E-state index in [1.54, 1.807) is 26.1 Å². The highest BCUT2D eigenvalue weighted by Gasteiger charge is 2.31. The molecule has 1 N–H and O–H groups in total. The van der Waals surface area contributed by atoms with Crippen LogP contribution in [0.15, 0.2) is 42.9 Å². The Bertz CT molecular complexity index is 2230. The number of aromatic nitrogens is 5. The van der Waals surface area contributed by atoms with Gasteiger partial charge in [-0.25, -0.2) is 38.7 Å². The number of hydrogen-bond donors (Lipinski definition) is 1. The van der Waals surface area contributed by atoms with E-state index in [-0.39, 0.29) is 37.7 Å². The Labute approximate surface area is 345 Å². The number of fused-ring (bicyclic) bond motifs is 2.